The second-order valence-electron chi connectivity index (χ2n) is 0.971. The average molecular weight is 270 g/mol. The zero-order valence-corrected chi connectivity index (χ0v) is 13.0. The molecule has 0 aromatic heterocycles. The van der Waals surface area contributed by atoms with E-state index in [1.807, 2.05) is 0 Å². The van der Waals surface area contributed by atoms with Crippen LogP contribution in [0.25, 0.3) is 0 Å². The topological polar surface area (TPSA) is 152 Å². The van der Waals surface area contributed by atoms with Gasteiger partial charge in [-0.15, -0.1) is 0 Å². The van der Waals surface area contributed by atoms with Crippen LogP contribution in [0, 0.1) is 0 Å². The van der Waals surface area contributed by atoms with Crippen LogP contribution in [0.2, 0.25) is 0 Å². The van der Waals surface area contributed by atoms with Gasteiger partial charge in [-0.2, -0.15) is 0 Å². The van der Waals surface area contributed by atoms with Crippen molar-refractivity contribution in [2.75, 3.05) is 0 Å². The van der Waals surface area contributed by atoms with Crippen LogP contribution in [-0.4, -0.2) is 16.1 Å². The molecule has 1 N–H and O–H groups in total. The zero-order chi connectivity index (χ0) is 9.65. The molecule has 8 nitrogen and oxygen atoms in total. The van der Waals surface area contributed by atoms with Crippen LogP contribution in [0.5, 0.6) is 0 Å². The number of carboxylic acids is 2. The van der Waals surface area contributed by atoms with Crippen LogP contribution in [0.1, 0.15) is 0 Å². The molecule has 0 amide bonds. The van der Waals surface area contributed by atoms with Crippen molar-refractivity contribution in [3.8, 4) is 0 Å². The molecular formula is C2HKMnNaO8. The van der Waals surface area contributed by atoms with Gasteiger partial charge in [-0.25, -0.2) is 0 Å². The molecule has 0 bridgehead atoms. The van der Waals surface area contributed by atoms with Gasteiger partial charge in [0.1, 0.15) is 0 Å². The van der Waals surface area contributed by atoms with E-state index in [4.69, 9.17) is 35.5 Å². The molecule has 0 aliphatic carbocycles. The van der Waals surface area contributed by atoms with E-state index in [-0.39, 0.29) is 80.9 Å². The summed E-state index contributed by atoms with van der Waals surface area (Å²) < 4.78 is 33.1. The van der Waals surface area contributed by atoms with E-state index in [1.165, 1.54) is 0 Å². The first-order chi connectivity index (χ1) is 4.64. The van der Waals surface area contributed by atoms with Gasteiger partial charge in [0, 0.05) is 0 Å². The Labute approximate surface area is 139 Å². The second-order valence-corrected chi connectivity index (χ2v) is 2.21. The Hall–Kier alpha value is 1.46. The molecule has 0 aromatic rings. The average Bonchev–Trinajstić information content (AvgIpc) is 1.59. The SMILES string of the molecule is O=C([O-])C(=O)[O-].[K+].[Na+].[O]=[Mn](=[O])(=[O])[OH]. The molecule has 0 unspecified atom stereocenters. The van der Waals surface area contributed by atoms with Crippen molar-refractivity contribution in [2.24, 2.45) is 0 Å². The number of hydrogen-bond acceptors (Lipinski definition) is 7. The molecule has 0 aliphatic rings. The number of carboxylic acid groups (broad SMARTS) is 2. The van der Waals surface area contributed by atoms with Crippen molar-refractivity contribution in [3.05, 3.63) is 0 Å². The first-order valence-corrected chi connectivity index (χ1v) is 3.67. The minimum atomic E-state index is -5.38. The van der Waals surface area contributed by atoms with E-state index >= 15 is 0 Å². The molecule has 13 heavy (non-hydrogen) atoms. The summed E-state index contributed by atoms with van der Waals surface area (Å²) >= 11 is -5.38. The zero-order valence-electron chi connectivity index (χ0n) is 6.68. The summed E-state index contributed by atoms with van der Waals surface area (Å²) in [5.41, 5.74) is 0. The van der Waals surface area contributed by atoms with Crippen LogP contribution >= 0.6 is 0 Å². The Morgan fingerprint density at radius 3 is 1.08 bits per heavy atom. The quantitative estimate of drug-likeness (QED) is 0.336. The fraction of sp³-hybridized carbons (Fsp3) is 0. The maximum atomic E-state index is 8.93. The molecule has 0 heterocycles. The number of hydrogen-bond donors (Lipinski definition) is 1. The van der Waals surface area contributed by atoms with E-state index in [0.717, 1.165) is 0 Å². The van der Waals surface area contributed by atoms with Crippen LogP contribution in [0.4, 0.5) is 0 Å². The van der Waals surface area contributed by atoms with E-state index in [9.17, 15) is 0 Å². The maximum absolute atomic E-state index is 8.93. The monoisotopic (exact) mass is 270 g/mol. The van der Waals surface area contributed by atoms with Gasteiger partial charge >= 0.3 is 110 Å². The third-order valence-corrected chi connectivity index (χ3v) is 0.167. The van der Waals surface area contributed by atoms with Crippen LogP contribution in [-0.2, 0) is 34.1 Å². The number of carbonyl (C=O) groups excluding carboxylic acids is 2. The van der Waals surface area contributed by atoms with Crippen molar-refractivity contribution in [1.29, 1.82) is 0 Å². The van der Waals surface area contributed by atoms with Gasteiger partial charge in [0.05, 0.1) is 11.9 Å². The van der Waals surface area contributed by atoms with Crippen molar-refractivity contribution < 1.29 is 129 Å². The molecule has 0 saturated heterocycles. The van der Waals surface area contributed by atoms with E-state index in [2.05, 4.69) is 0 Å². The normalized spacial score (nSPS) is 7.77. The van der Waals surface area contributed by atoms with Crippen molar-refractivity contribution in [3.63, 3.8) is 0 Å². The number of rotatable bonds is 0. The Morgan fingerprint density at radius 2 is 1.08 bits per heavy atom. The Balaban J connectivity index is -0.0000000546. The van der Waals surface area contributed by atoms with Gasteiger partial charge in [-0.3, -0.25) is 0 Å². The molecule has 0 saturated carbocycles. The predicted molar refractivity (Wildman–Crippen MR) is 14.3 cm³/mol. The molecule has 0 rings (SSSR count). The summed E-state index contributed by atoms with van der Waals surface area (Å²) in [6.07, 6.45) is 0. The molecule has 66 valence electrons. The minimum absolute atomic E-state index is 0. The fourth-order valence-corrected chi connectivity index (χ4v) is 0. The van der Waals surface area contributed by atoms with E-state index in [1.54, 1.807) is 0 Å². The summed E-state index contributed by atoms with van der Waals surface area (Å²) in [6.45, 7) is 0. The van der Waals surface area contributed by atoms with Gasteiger partial charge in [-0.05, 0) is 0 Å². The summed E-state index contributed by atoms with van der Waals surface area (Å²) in [6, 6.07) is 0. The first-order valence-electron chi connectivity index (χ1n) is 1.70. The summed E-state index contributed by atoms with van der Waals surface area (Å²) in [5.74, 6) is -4.37. The third kappa shape index (κ3) is 59.3. The van der Waals surface area contributed by atoms with Gasteiger partial charge in [-0.1, -0.05) is 0 Å². The summed E-state index contributed by atoms with van der Waals surface area (Å²) in [5, 5.41) is 17.9. The molecule has 0 aromatic carbocycles. The Morgan fingerprint density at radius 1 is 1.00 bits per heavy atom. The first kappa shape index (κ1) is 23.9. The molecule has 0 atom stereocenters. The van der Waals surface area contributed by atoms with Gasteiger partial charge in [0.15, 0.2) is 0 Å². The predicted octanol–water partition coefficient (Wildman–Crippen LogP) is -10.4. The Kier molecular flexibility index (Phi) is 21.2. The molecule has 0 radical (unpaired) electrons. The fourth-order valence-electron chi connectivity index (χ4n) is 0. The van der Waals surface area contributed by atoms with E-state index < -0.39 is 24.9 Å². The molecule has 0 fully saturated rings. The molecular weight excluding hydrogens is 269 g/mol. The molecule has 0 aliphatic heterocycles. The van der Waals surface area contributed by atoms with Crippen LogP contribution in [0.15, 0.2) is 0 Å². The third-order valence-electron chi connectivity index (χ3n) is 0.167. The van der Waals surface area contributed by atoms with Gasteiger partial charge < -0.3 is 19.8 Å². The standard InChI is InChI=1S/C2H2O4.K.Mn.Na.H2O.3O/c3-1(4)2(5)6;;;;;;;/h(H,3,4)(H,5,6);;;;1H2;;;/q;3*+1;;;;/p-3. The number of aliphatic carboxylic acids is 2. The van der Waals surface area contributed by atoms with Gasteiger partial charge in [0.2, 0.25) is 0 Å². The molecule has 0 spiro atoms. The van der Waals surface area contributed by atoms with Crippen molar-refractivity contribution in [1.82, 2.24) is 0 Å². The van der Waals surface area contributed by atoms with E-state index in [0.29, 0.717) is 0 Å². The summed E-state index contributed by atoms with van der Waals surface area (Å²) in [7, 11) is 0. The second kappa shape index (κ2) is 11.5. The van der Waals surface area contributed by atoms with Crippen LogP contribution in [0.3, 0.4) is 0 Å². The van der Waals surface area contributed by atoms with Crippen molar-refractivity contribution in [2.45, 2.75) is 0 Å². The molecule has 11 heteroatoms. The Bertz CT molecular complexity index is 272. The van der Waals surface area contributed by atoms with Crippen LogP contribution < -0.4 is 91.2 Å². The number of carbonyl (C=O) groups is 2. The summed E-state index contributed by atoms with van der Waals surface area (Å²) in [4.78, 5) is 17.9. The van der Waals surface area contributed by atoms with Crippen molar-refractivity contribution >= 4 is 11.9 Å². The van der Waals surface area contributed by atoms with Gasteiger partial charge in [0.25, 0.3) is 0 Å².